The number of amides is 2. The predicted octanol–water partition coefficient (Wildman–Crippen LogP) is 2.02. The molecule has 1 saturated heterocycles. The van der Waals surface area contributed by atoms with Crippen LogP contribution in [0.25, 0.3) is 0 Å². The summed E-state index contributed by atoms with van der Waals surface area (Å²) in [6.07, 6.45) is 4.94. The summed E-state index contributed by atoms with van der Waals surface area (Å²) in [6.45, 7) is 10.1. The third-order valence-corrected chi connectivity index (χ3v) is 6.63. The van der Waals surface area contributed by atoms with Crippen LogP contribution >= 0.6 is 0 Å². The van der Waals surface area contributed by atoms with Crippen LogP contribution in [0, 0.1) is 5.41 Å². The molecule has 32 heavy (non-hydrogen) atoms. The van der Waals surface area contributed by atoms with E-state index in [9.17, 15) is 14.7 Å². The summed E-state index contributed by atoms with van der Waals surface area (Å²) in [5, 5.41) is 22.0. The fraction of sp³-hybridized carbons (Fsp3) is 0.826. The number of ether oxygens (including phenoxy) is 1. The number of carbonyl (C=O) groups is 2. The summed E-state index contributed by atoms with van der Waals surface area (Å²) in [6, 6.07) is -1.49. The second-order valence-electron chi connectivity index (χ2n) is 10.3. The molecule has 5 unspecified atom stereocenters. The van der Waals surface area contributed by atoms with Gasteiger partial charge in [-0.25, -0.2) is 4.68 Å². The van der Waals surface area contributed by atoms with Crippen LogP contribution < -0.4 is 5.32 Å². The summed E-state index contributed by atoms with van der Waals surface area (Å²) in [5.74, 6) is -0.0275. The monoisotopic (exact) mass is 449 g/mol. The first-order chi connectivity index (χ1) is 15.1. The van der Waals surface area contributed by atoms with E-state index in [4.69, 9.17) is 4.74 Å². The lowest BCUT2D eigenvalue weighted by atomic mass is 9.85. The number of carbonyl (C=O) groups excluding carboxylic acids is 2. The van der Waals surface area contributed by atoms with Crippen LogP contribution in [0.15, 0.2) is 6.20 Å². The van der Waals surface area contributed by atoms with Gasteiger partial charge in [0.2, 0.25) is 11.8 Å². The molecular weight excluding hydrogens is 410 g/mol. The molecular formula is C23H39N5O4. The van der Waals surface area contributed by atoms with Crippen molar-refractivity contribution < 1.29 is 19.4 Å². The van der Waals surface area contributed by atoms with Gasteiger partial charge in [-0.1, -0.05) is 39.8 Å². The number of aliphatic hydroxyl groups excluding tert-OH is 1. The lowest BCUT2D eigenvalue weighted by Crippen LogP contribution is -2.53. The van der Waals surface area contributed by atoms with Crippen molar-refractivity contribution in [2.45, 2.75) is 103 Å². The van der Waals surface area contributed by atoms with Gasteiger partial charge in [-0.15, -0.1) is 5.10 Å². The zero-order valence-electron chi connectivity index (χ0n) is 20.2. The maximum atomic E-state index is 13.8. The minimum Gasteiger partial charge on any atom is -0.391 e. The highest BCUT2D eigenvalue weighted by Crippen LogP contribution is 2.40. The first-order valence-corrected chi connectivity index (χ1v) is 11.8. The zero-order chi connectivity index (χ0) is 23.6. The van der Waals surface area contributed by atoms with Crippen LogP contribution in [0.3, 0.4) is 0 Å². The van der Waals surface area contributed by atoms with Gasteiger partial charge < -0.3 is 20.1 Å². The summed E-state index contributed by atoms with van der Waals surface area (Å²) in [5.41, 5.74) is 0.467. The Kier molecular flexibility index (Phi) is 7.60. The number of nitrogens with zero attached hydrogens (tertiary/aromatic N) is 4. The summed E-state index contributed by atoms with van der Waals surface area (Å²) < 4.78 is 7.16. The molecule has 9 heteroatoms. The topological polar surface area (TPSA) is 110 Å². The molecule has 1 aliphatic heterocycles. The standard InChI is InChI=1S/C23H39N5O4/c1-7-16(19(8-2)32-6)24-21(30)18-11-15(29)12-27(18)22(31)20(23(3,4)5)28-13-17(25-26-28)14-9-10-14/h13-16,18-20,29H,7-12H2,1-6H3,(H,24,30). The molecule has 9 nitrogen and oxygen atoms in total. The van der Waals surface area contributed by atoms with E-state index in [0.717, 1.165) is 31.4 Å². The van der Waals surface area contributed by atoms with Gasteiger partial charge in [-0.3, -0.25) is 9.59 Å². The Hall–Kier alpha value is -2.00. The highest BCUT2D eigenvalue weighted by molar-refractivity contribution is 5.90. The molecule has 0 spiro atoms. The van der Waals surface area contributed by atoms with Gasteiger partial charge in [0.1, 0.15) is 12.1 Å². The zero-order valence-corrected chi connectivity index (χ0v) is 20.2. The highest BCUT2D eigenvalue weighted by Gasteiger charge is 2.46. The highest BCUT2D eigenvalue weighted by atomic mass is 16.5. The van der Waals surface area contributed by atoms with E-state index in [0.29, 0.717) is 5.92 Å². The van der Waals surface area contributed by atoms with Crippen molar-refractivity contribution in [3.63, 3.8) is 0 Å². The van der Waals surface area contributed by atoms with Crippen molar-refractivity contribution in [3.8, 4) is 0 Å². The van der Waals surface area contributed by atoms with Gasteiger partial charge in [0, 0.05) is 32.2 Å². The number of likely N-dealkylation sites (tertiary alicyclic amines) is 1. The van der Waals surface area contributed by atoms with Gasteiger partial charge in [-0.05, 0) is 31.1 Å². The number of aliphatic hydroxyl groups is 1. The third-order valence-electron chi connectivity index (χ3n) is 6.63. The van der Waals surface area contributed by atoms with Crippen molar-refractivity contribution in [3.05, 3.63) is 11.9 Å². The SMILES string of the molecule is CCC(NC(=O)C1CC(O)CN1C(=O)C(n1cc(C2CC2)nn1)C(C)(C)C)C(CC)OC. The fourth-order valence-corrected chi connectivity index (χ4v) is 4.68. The minimum atomic E-state index is -0.738. The summed E-state index contributed by atoms with van der Waals surface area (Å²) >= 11 is 0. The minimum absolute atomic E-state index is 0.0993. The third kappa shape index (κ3) is 5.31. The van der Waals surface area contributed by atoms with Crippen molar-refractivity contribution in [1.29, 1.82) is 0 Å². The van der Waals surface area contributed by atoms with Crippen molar-refractivity contribution in [2.24, 2.45) is 5.41 Å². The lowest BCUT2D eigenvalue weighted by molar-refractivity contribution is -0.144. The molecule has 180 valence electrons. The first-order valence-electron chi connectivity index (χ1n) is 11.8. The number of rotatable bonds is 9. The molecule has 1 aromatic rings. The number of aromatic nitrogens is 3. The van der Waals surface area contributed by atoms with Crippen molar-refractivity contribution in [1.82, 2.24) is 25.2 Å². The Balaban J connectivity index is 1.82. The van der Waals surface area contributed by atoms with E-state index in [1.54, 1.807) is 11.8 Å². The molecule has 2 fully saturated rings. The van der Waals surface area contributed by atoms with E-state index in [1.807, 2.05) is 40.8 Å². The molecule has 0 aromatic carbocycles. The molecule has 2 amide bonds. The summed E-state index contributed by atoms with van der Waals surface area (Å²) in [7, 11) is 1.64. The Morgan fingerprint density at radius 1 is 1.28 bits per heavy atom. The molecule has 1 saturated carbocycles. The first kappa shape index (κ1) is 24.6. The van der Waals surface area contributed by atoms with Gasteiger partial charge >= 0.3 is 0 Å². The van der Waals surface area contributed by atoms with E-state index in [2.05, 4.69) is 15.6 Å². The van der Waals surface area contributed by atoms with Crippen LogP contribution in [0.5, 0.6) is 0 Å². The number of β-amino-alcohol motifs (C(OH)–C–C–N with tert-alkyl or cyclic N) is 1. The Morgan fingerprint density at radius 3 is 2.50 bits per heavy atom. The molecule has 0 radical (unpaired) electrons. The molecule has 1 aromatic heterocycles. The normalized spacial score (nSPS) is 24.3. The van der Waals surface area contributed by atoms with Gasteiger partial charge in [0.05, 0.1) is 23.9 Å². The van der Waals surface area contributed by atoms with Gasteiger partial charge in [-0.2, -0.15) is 0 Å². The summed E-state index contributed by atoms with van der Waals surface area (Å²) in [4.78, 5) is 28.5. The van der Waals surface area contributed by atoms with E-state index < -0.39 is 23.6 Å². The Labute approximate surface area is 190 Å². The van der Waals surface area contributed by atoms with Crippen LogP contribution in [-0.2, 0) is 14.3 Å². The fourth-order valence-electron chi connectivity index (χ4n) is 4.68. The molecule has 2 N–H and O–H groups in total. The lowest BCUT2D eigenvalue weighted by Gasteiger charge is -2.35. The molecule has 2 aliphatic rings. The van der Waals surface area contributed by atoms with E-state index in [1.165, 1.54) is 4.90 Å². The van der Waals surface area contributed by atoms with Crippen LogP contribution in [0.4, 0.5) is 0 Å². The molecule has 5 atom stereocenters. The number of hydrogen-bond donors (Lipinski definition) is 2. The van der Waals surface area contributed by atoms with Gasteiger partial charge in [0.25, 0.3) is 0 Å². The average Bonchev–Trinajstić information content (AvgIpc) is 3.34. The molecule has 2 heterocycles. The maximum Gasteiger partial charge on any atom is 0.248 e. The van der Waals surface area contributed by atoms with Crippen LogP contribution in [0.1, 0.15) is 84.4 Å². The van der Waals surface area contributed by atoms with E-state index in [-0.39, 0.29) is 36.9 Å². The number of nitrogens with one attached hydrogen (secondary N) is 1. The Bertz CT molecular complexity index is 797. The second-order valence-corrected chi connectivity index (χ2v) is 10.3. The van der Waals surface area contributed by atoms with Crippen LogP contribution in [0.2, 0.25) is 0 Å². The molecule has 3 rings (SSSR count). The predicted molar refractivity (Wildman–Crippen MR) is 120 cm³/mol. The van der Waals surface area contributed by atoms with E-state index >= 15 is 0 Å². The second kappa shape index (κ2) is 9.87. The molecule has 1 aliphatic carbocycles. The quantitative estimate of drug-likeness (QED) is 0.597. The number of methoxy groups -OCH3 is 1. The number of hydrogen-bond acceptors (Lipinski definition) is 6. The van der Waals surface area contributed by atoms with Crippen LogP contribution in [-0.4, -0.2) is 74.8 Å². The largest absolute Gasteiger partial charge is 0.391 e. The smallest absolute Gasteiger partial charge is 0.248 e. The molecule has 0 bridgehead atoms. The average molecular weight is 450 g/mol. The van der Waals surface area contributed by atoms with Crippen molar-refractivity contribution >= 4 is 11.8 Å². The Morgan fingerprint density at radius 2 is 1.97 bits per heavy atom. The van der Waals surface area contributed by atoms with Crippen molar-refractivity contribution in [2.75, 3.05) is 13.7 Å². The maximum absolute atomic E-state index is 13.8. The van der Waals surface area contributed by atoms with Gasteiger partial charge in [0.15, 0.2) is 0 Å².